The third kappa shape index (κ3) is 8.87. The summed E-state index contributed by atoms with van der Waals surface area (Å²) >= 11 is 0. The van der Waals surface area contributed by atoms with Crippen molar-refractivity contribution in [2.45, 2.75) is 135 Å². The number of carbonyl (C=O) groups is 1. The van der Waals surface area contributed by atoms with Gasteiger partial charge < -0.3 is 19.4 Å². The predicted molar refractivity (Wildman–Crippen MR) is 165 cm³/mol. The molecule has 0 amide bonds. The van der Waals surface area contributed by atoms with Crippen LogP contribution in [0.25, 0.3) is 0 Å². The molecule has 0 radical (unpaired) electrons. The van der Waals surface area contributed by atoms with E-state index in [4.69, 9.17) is 19.2 Å². The molecule has 230 valence electrons. The van der Waals surface area contributed by atoms with E-state index >= 15 is 0 Å². The van der Waals surface area contributed by atoms with E-state index in [0.29, 0.717) is 31.9 Å². The Balaban J connectivity index is 1.60. The first-order valence-corrected chi connectivity index (χ1v) is 16.3. The van der Waals surface area contributed by atoms with Crippen molar-refractivity contribution in [2.24, 2.45) is 10.1 Å². The van der Waals surface area contributed by atoms with Crippen molar-refractivity contribution >= 4 is 17.4 Å². The van der Waals surface area contributed by atoms with Crippen LogP contribution < -0.4 is 0 Å². The molecular formula is C34H54N2O5. The van der Waals surface area contributed by atoms with Crippen molar-refractivity contribution in [1.82, 2.24) is 0 Å². The first-order valence-electron chi connectivity index (χ1n) is 16.3. The zero-order valence-electron chi connectivity index (χ0n) is 26.1. The molecule has 7 nitrogen and oxygen atoms in total. The summed E-state index contributed by atoms with van der Waals surface area (Å²) in [7, 11) is 0. The number of aryl methyl sites for hydroxylation is 1. The summed E-state index contributed by atoms with van der Waals surface area (Å²) in [5.74, 6) is -1.64. The normalized spacial score (nSPS) is 17.8. The zero-order chi connectivity index (χ0) is 29.6. The molecule has 3 rings (SSSR count). The predicted octanol–water partition coefficient (Wildman–Crippen LogP) is 8.06. The Morgan fingerprint density at radius 2 is 1.51 bits per heavy atom. The molecule has 1 saturated heterocycles. The van der Waals surface area contributed by atoms with Gasteiger partial charge in [-0.2, -0.15) is 0 Å². The lowest BCUT2D eigenvalue weighted by Gasteiger charge is -2.39. The quantitative estimate of drug-likeness (QED) is 0.0597. The van der Waals surface area contributed by atoms with Gasteiger partial charge in [0.25, 0.3) is 0 Å². The summed E-state index contributed by atoms with van der Waals surface area (Å²) in [5.41, 5.74) is 3.40. The standard InChI is InChI=1S/C34H54N2O5/c1-5-8-9-10-11-12-13-14-15-16-22-34(40-23-24-41-34)26-39-32(37)31(36-38)30-28-19-17-18-27(4)29(28)33(20-6-2,21-7-3)25-35-30/h17-19,38H,5-16,20-26H2,1-4H3/b36-31+. The van der Waals surface area contributed by atoms with Crippen molar-refractivity contribution in [3.63, 3.8) is 0 Å². The zero-order valence-corrected chi connectivity index (χ0v) is 26.1. The number of aliphatic imine (C=N–C) groups is 1. The van der Waals surface area contributed by atoms with Crippen LogP contribution in [0, 0.1) is 6.92 Å². The molecule has 0 atom stereocenters. The number of nitrogens with zero attached hydrogens (tertiary/aromatic N) is 2. The number of hydrogen-bond acceptors (Lipinski definition) is 7. The van der Waals surface area contributed by atoms with Crippen molar-refractivity contribution in [1.29, 1.82) is 0 Å². The van der Waals surface area contributed by atoms with E-state index in [1.54, 1.807) is 0 Å². The first-order chi connectivity index (χ1) is 20.0. The number of oxime groups is 1. The highest BCUT2D eigenvalue weighted by Crippen LogP contribution is 2.42. The van der Waals surface area contributed by atoms with Crippen LogP contribution in [0.4, 0.5) is 0 Å². The molecule has 2 heterocycles. The fourth-order valence-corrected chi connectivity index (χ4v) is 6.76. The smallest absolute Gasteiger partial charge is 0.362 e. The summed E-state index contributed by atoms with van der Waals surface area (Å²) in [6, 6.07) is 6.07. The van der Waals surface area contributed by atoms with Crippen molar-refractivity contribution < 1.29 is 24.2 Å². The average Bonchev–Trinajstić information content (AvgIpc) is 3.44. The third-order valence-corrected chi connectivity index (χ3v) is 8.72. The van der Waals surface area contributed by atoms with Gasteiger partial charge in [0.05, 0.1) is 13.2 Å². The van der Waals surface area contributed by atoms with E-state index in [1.807, 2.05) is 12.1 Å². The fraction of sp³-hybridized carbons (Fsp3) is 0.735. The van der Waals surface area contributed by atoms with E-state index in [-0.39, 0.29) is 17.7 Å². The van der Waals surface area contributed by atoms with Crippen molar-refractivity contribution in [3.8, 4) is 0 Å². The number of carbonyl (C=O) groups excluding carboxylic acids is 1. The number of esters is 1. The second-order valence-electron chi connectivity index (χ2n) is 12.0. The monoisotopic (exact) mass is 570 g/mol. The summed E-state index contributed by atoms with van der Waals surface area (Å²) < 4.78 is 17.6. The molecule has 0 saturated carbocycles. The molecule has 2 aliphatic rings. The molecule has 1 aromatic rings. The van der Waals surface area contributed by atoms with Gasteiger partial charge >= 0.3 is 5.97 Å². The largest absolute Gasteiger partial charge is 0.455 e. The van der Waals surface area contributed by atoms with Crippen molar-refractivity contribution in [3.05, 3.63) is 34.9 Å². The molecule has 2 aliphatic heterocycles. The van der Waals surface area contributed by atoms with Gasteiger partial charge in [0.15, 0.2) is 0 Å². The minimum atomic E-state index is -0.934. The number of benzene rings is 1. The van der Waals surface area contributed by atoms with Crippen LogP contribution in [0.3, 0.4) is 0 Å². The molecule has 0 aliphatic carbocycles. The lowest BCUT2D eigenvalue weighted by Crippen LogP contribution is -2.42. The summed E-state index contributed by atoms with van der Waals surface area (Å²) in [5, 5.41) is 13.4. The third-order valence-electron chi connectivity index (χ3n) is 8.72. The van der Waals surface area contributed by atoms with Crippen molar-refractivity contribution in [2.75, 3.05) is 26.4 Å². The van der Waals surface area contributed by atoms with Crippen LogP contribution in [0.1, 0.15) is 134 Å². The Hall–Kier alpha value is -2.25. The molecular weight excluding hydrogens is 516 g/mol. The highest BCUT2D eigenvalue weighted by Gasteiger charge is 2.41. The maximum absolute atomic E-state index is 13.3. The average molecular weight is 571 g/mol. The Morgan fingerprint density at radius 1 is 0.902 bits per heavy atom. The Labute approximate surface area is 248 Å². The maximum atomic E-state index is 13.3. The van der Waals surface area contributed by atoms with Gasteiger partial charge in [-0.25, -0.2) is 4.79 Å². The summed E-state index contributed by atoms with van der Waals surface area (Å²) in [6.45, 7) is 10.2. The lowest BCUT2D eigenvalue weighted by molar-refractivity contribution is -0.199. The summed E-state index contributed by atoms with van der Waals surface area (Å²) in [6.07, 6.45) is 17.3. The molecule has 1 N–H and O–H groups in total. The molecule has 7 heteroatoms. The van der Waals surface area contributed by atoms with Crippen LogP contribution in [0.5, 0.6) is 0 Å². The Bertz CT molecular complexity index is 1010. The summed E-state index contributed by atoms with van der Waals surface area (Å²) in [4.78, 5) is 18.2. The second kappa shape index (κ2) is 17.0. The van der Waals surface area contributed by atoms with Gasteiger partial charge in [0.1, 0.15) is 12.3 Å². The van der Waals surface area contributed by atoms with Gasteiger partial charge in [-0.05, 0) is 37.3 Å². The van der Waals surface area contributed by atoms with Gasteiger partial charge in [-0.3, -0.25) is 4.99 Å². The SMILES string of the molecule is CCCCCCCCCCCCC1(COC(=O)/C(=N/O)C2=NCC(CCC)(CCC)c3c(C)cccc32)OCCO1. The number of fused-ring (bicyclic) bond motifs is 1. The molecule has 0 aromatic heterocycles. The molecule has 1 aromatic carbocycles. The van der Waals surface area contributed by atoms with E-state index in [1.165, 1.54) is 62.5 Å². The fourth-order valence-electron chi connectivity index (χ4n) is 6.76. The number of unbranched alkanes of at least 4 members (excludes halogenated alkanes) is 9. The second-order valence-corrected chi connectivity index (χ2v) is 12.0. The van der Waals surface area contributed by atoms with Crippen LogP contribution >= 0.6 is 0 Å². The number of rotatable bonds is 19. The number of hydrogen-bond donors (Lipinski definition) is 1. The van der Waals surface area contributed by atoms with Gasteiger partial charge in [-0.15, -0.1) is 0 Å². The number of ether oxygens (including phenoxy) is 3. The maximum Gasteiger partial charge on any atom is 0.362 e. The minimum Gasteiger partial charge on any atom is -0.455 e. The van der Waals surface area contributed by atoms with E-state index in [0.717, 1.165) is 44.1 Å². The first kappa shape index (κ1) is 33.3. The molecule has 0 spiro atoms. The minimum absolute atomic E-state index is 0.0359. The van der Waals surface area contributed by atoms with Crippen LogP contribution in [0.15, 0.2) is 28.3 Å². The highest BCUT2D eigenvalue weighted by molar-refractivity contribution is 6.69. The lowest BCUT2D eigenvalue weighted by atomic mass is 9.68. The van der Waals surface area contributed by atoms with Crippen LogP contribution in [0.2, 0.25) is 0 Å². The van der Waals surface area contributed by atoms with E-state index in [2.05, 4.69) is 38.9 Å². The molecule has 41 heavy (non-hydrogen) atoms. The van der Waals surface area contributed by atoms with Crippen LogP contribution in [-0.4, -0.2) is 54.8 Å². The molecule has 0 bridgehead atoms. The molecule has 1 fully saturated rings. The highest BCUT2D eigenvalue weighted by atomic mass is 16.8. The van der Waals surface area contributed by atoms with E-state index in [9.17, 15) is 10.0 Å². The van der Waals surface area contributed by atoms with E-state index < -0.39 is 11.8 Å². The van der Waals surface area contributed by atoms with Crippen LogP contribution in [-0.2, 0) is 24.4 Å². The van der Waals surface area contributed by atoms with Gasteiger partial charge in [-0.1, -0.05) is 115 Å². The van der Waals surface area contributed by atoms with Gasteiger partial charge in [0.2, 0.25) is 11.5 Å². The topological polar surface area (TPSA) is 89.7 Å². The van der Waals surface area contributed by atoms with Gasteiger partial charge in [0, 0.05) is 23.9 Å². The molecule has 0 unspecified atom stereocenters. The Morgan fingerprint density at radius 3 is 2.10 bits per heavy atom. The Kier molecular flexibility index (Phi) is 13.8.